The maximum Gasteiger partial charge on any atom is 0.227 e. The molecule has 1 aromatic heterocycles. The van der Waals surface area contributed by atoms with Gasteiger partial charge in [0.25, 0.3) is 0 Å². The molecule has 0 radical (unpaired) electrons. The minimum absolute atomic E-state index is 0. The van der Waals surface area contributed by atoms with Gasteiger partial charge < -0.3 is 15.5 Å². The van der Waals surface area contributed by atoms with Crippen LogP contribution in [-0.4, -0.2) is 29.9 Å². The van der Waals surface area contributed by atoms with Crippen molar-refractivity contribution in [3.63, 3.8) is 0 Å². The summed E-state index contributed by atoms with van der Waals surface area (Å²) in [5, 5.41) is 9.82. The van der Waals surface area contributed by atoms with Crippen LogP contribution in [0.5, 0.6) is 0 Å². The van der Waals surface area contributed by atoms with Crippen molar-refractivity contribution in [2.24, 2.45) is 4.99 Å². The molecule has 0 saturated carbocycles. The average molecular weight is 527 g/mol. The smallest absolute Gasteiger partial charge is 0.227 e. The van der Waals surface area contributed by atoms with Gasteiger partial charge in [0, 0.05) is 30.6 Å². The lowest BCUT2D eigenvalue weighted by Crippen LogP contribution is -2.36. The van der Waals surface area contributed by atoms with Gasteiger partial charge in [0.15, 0.2) is 5.96 Å². The van der Waals surface area contributed by atoms with Crippen LogP contribution in [0.1, 0.15) is 55.8 Å². The molecule has 1 aliphatic heterocycles. The Hall–Kier alpha value is -1.68. The second-order valence-electron chi connectivity index (χ2n) is 7.18. The number of nitrogens with zero attached hydrogens (tertiary/aromatic N) is 3. The first-order chi connectivity index (χ1) is 13.6. The molecule has 158 valence electrons. The average Bonchev–Trinajstić information content (AvgIpc) is 3.33. The van der Waals surface area contributed by atoms with Gasteiger partial charge in [-0.25, -0.2) is 9.98 Å². The number of halogens is 1. The van der Waals surface area contributed by atoms with Gasteiger partial charge in [-0.1, -0.05) is 26.0 Å². The SMILES string of the molecule is CCNC(=NCc1ccc(N2CCCC2=O)cc1)NCc1nc(C(C)C)cs1.I. The van der Waals surface area contributed by atoms with Gasteiger partial charge in [0.05, 0.1) is 18.8 Å². The molecule has 1 amide bonds. The zero-order chi connectivity index (χ0) is 19.9. The van der Waals surface area contributed by atoms with E-state index < -0.39 is 0 Å². The topological polar surface area (TPSA) is 69.6 Å². The Morgan fingerprint density at radius 1 is 1.28 bits per heavy atom. The number of benzene rings is 1. The van der Waals surface area contributed by atoms with Gasteiger partial charge in [0.1, 0.15) is 5.01 Å². The largest absolute Gasteiger partial charge is 0.357 e. The highest BCUT2D eigenvalue weighted by Gasteiger charge is 2.21. The molecule has 0 bridgehead atoms. The first-order valence-corrected chi connectivity index (χ1v) is 10.8. The number of hydrogen-bond acceptors (Lipinski definition) is 4. The molecule has 8 heteroatoms. The third-order valence-electron chi connectivity index (χ3n) is 4.65. The Morgan fingerprint density at radius 3 is 2.62 bits per heavy atom. The van der Waals surface area contributed by atoms with E-state index in [1.165, 1.54) is 0 Å². The van der Waals surface area contributed by atoms with E-state index in [9.17, 15) is 4.79 Å². The predicted octanol–water partition coefficient (Wildman–Crippen LogP) is 4.27. The summed E-state index contributed by atoms with van der Waals surface area (Å²) in [6.07, 6.45) is 1.60. The Balaban J connectivity index is 0.00000300. The highest BCUT2D eigenvalue weighted by Crippen LogP contribution is 2.22. The van der Waals surface area contributed by atoms with Crippen molar-refractivity contribution in [2.75, 3.05) is 18.0 Å². The molecule has 2 heterocycles. The molecule has 1 fully saturated rings. The van der Waals surface area contributed by atoms with E-state index in [0.717, 1.165) is 47.4 Å². The Labute approximate surface area is 194 Å². The van der Waals surface area contributed by atoms with Gasteiger partial charge in [-0.2, -0.15) is 0 Å². The van der Waals surface area contributed by atoms with Crippen molar-refractivity contribution < 1.29 is 4.79 Å². The van der Waals surface area contributed by atoms with Crippen molar-refractivity contribution in [2.45, 2.75) is 52.6 Å². The fourth-order valence-electron chi connectivity index (χ4n) is 3.05. The number of amides is 1. The third-order valence-corrected chi connectivity index (χ3v) is 5.52. The summed E-state index contributed by atoms with van der Waals surface area (Å²) in [5.41, 5.74) is 3.23. The van der Waals surface area contributed by atoms with Crippen LogP contribution in [-0.2, 0) is 17.9 Å². The zero-order valence-electron chi connectivity index (χ0n) is 17.3. The second-order valence-corrected chi connectivity index (χ2v) is 8.13. The van der Waals surface area contributed by atoms with Crippen molar-refractivity contribution in [3.8, 4) is 0 Å². The molecular weight excluding hydrogens is 497 g/mol. The molecule has 6 nitrogen and oxygen atoms in total. The molecular formula is C21H30IN5OS. The Bertz CT molecular complexity index is 819. The van der Waals surface area contributed by atoms with E-state index in [2.05, 4.69) is 46.8 Å². The first-order valence-electron chi connectivity index (χ1n) is 9.92. The predicted molar refractivity (Wildman–Crippen MR) is 131 cm³/mol. The van der Waals surface area contributed by atoms with Gasteiger partial charge in [-0.15, -0.1) is 35.3 Å². The summed E-state index contributed by atoms with van der Waals surface area (Å²) < 4.78 is 0. The molecule has 0 aliphatic carbocycles. The summed E-state index contributed by atoms with van der Waals surface area (Å²) in [6, 6.07) is 8.11. The van der Waals surface area contributed by atoms with Crippen LogP contribution in [0, 0.1) is 0 Å². The lowest BCUT2D eigenvalue weighted by molar-refractivity contribution is -0.117. The third kappa shape index (κ3) is 6.67. The number of anilines is 1. The lowest BCUT2D eigenvalue weighted by Gasteiger charge is -2.15. The number of carbonyl (C=O) groups excluding carboxylic acids is 1. The van der Waals surface area contributed by atoms with E-state index in [1.54, 1.807) is 11.3 Å². The molecule has 0 spiro atoms. The van der Waals surface area contributed by atoms with Gasteiger partial charge in [-0.3, -0.25) is 4.79 Å². The number of carbonyl (C=O) groups is 1. The number of aromatic nitrogens is 1. The molecule has 3 rings (SSSR count). The van der Waals surface area contributed by atoms with Gasteiger partial charge in [0.2, 0.25) is 5.91 Å². The highest BCUT2D eigenvalue weighted by atomic mass is 127. The van der Waals surface area contributed by atoms with Crippen LogP contribution in [0.2, 0.25) is 0 Å². The van der Waals surface area contributed by atoms with E-state index in [4.69, 9.17) is 0 Å². The second kappa shape index (κ2) is 11.5. The standard InChI is InChI=1S/C21H29N5OS.HI/c1-4-22-21(24-13-19-25-18(14-28-19)15(2)3)23-12-16-7-9-17(10-8-16)26-11-5-6-20(26)27;/h7-10,14-15H,4-6,11-13H2,1-3H3,(H2,22,23,24);1H. The molecule has 1 saturated heterocycles. The minimum Gasteiger partial charge on any atom is -0.357 e. The first kappa shape index (κ1) is 23.6. The lowest BCUT2D eigenvalue weighted by atomic mass is 10.2. The maximum absolute atomic E-state index is 11.9. The quantitative estimate of drug-likeness (QED) is 0.321. The van der Waals surface area contributed by atoms with Crippen LogP contribution in [0.4, 0.5) is 5.69 Å². The normalized spacial score (nSPS) is 14.3. The summed E-state index contributed by atoms with van der Waals surface area (Å²) in [4.78, 5) is 23.0. The molecule has 1 aliphatic rings. The molecule has 0 atom stereocenters. The molecule has 2 aromatic rings. The summed E-state index contributed by atoms with van der Waals surface area (Å²) >= 11 is 1.68. The zero-order valence-corrected chi connectivity index (χ0v) is 20.4. The number of guanidine groups is 1. The summed E-state index contributed by atoms with van der Waals surface area (Å²) in [7, 11) is 0. The fourth-order valence-corrected chi connectivity index (χ4v) is 3.94. The number of aliphatic imine (C=N–C) groups is 1. The minimum atomic E-state index is 0. The number of rotatable bonds is 7. The van der Waals surface area contributed by atoms with E-state index in [0.29, 0.717) is 25.4 Å². The van der Waals surface area contributed by atoms with Crippen LogP contribution >= 0.6 is 35.3 Å². The van der Waals surface area contributed by atoms with Gasteiger partial charge in [-0.05, 0) is 37.0 Å². The van der Waals surface area contributed by atoms with Crippen molar-refractivity contribution in [3.05, 3.63) is 45.9 Å². The van der Waals surface area contributed by atoms with Crippen LogP contribution in [0.25, 0.3) is 0 Å². The highest BCUT2D eigenvalue weighted by molar-refractivity contribution is 14.0. The fraction of sp³-hybridized carbons (Fsp3) is 0.476. The van der Waals surface area contributed by atoms with Crippen LogP contribution in [0.3, 0.4) is 0 Å². The Kier molecular flexibility index (Phi) is 9.35. The number of thiazole rings is 1. The monoisotopic (exact) mass is 527 g/mol. The molecule has 0 unspecified atom stereocenters. The maximum atomic E-state index is 11.9. The summed E-state index contributed by atoms with van der Waals surface area (Å²) in [6.45, 7) is 9.24. The number of nitrogens with one attached hydrogen (secondary N) is 2. The molecule has 29 heavy (non-hydrogen) atoms. The van der Waals surface area contributed by atoms with Crippen molar-refractivity contribution in [1.29, 1.82) is 0 Å². The summed E-state index contributed by atoms with van der Waals surface area (Å²) in [5.74, 6) is 1.44. The van der Waals surface area contributed by atoms with Crippen molar-refractivity contribution in [1.82, 2.24) is 15.6 Å². The van der Waals surface area contributed by atoms with Gasteiger partial charge >= 0.3 is 0 Å². The molecule has 2 N–H and O–H groups in total. The molecule has 1 aromatic carbocycles. The van der Waals surface area contributed by atoms with E-state index in [-0.39, 0.29) is 29.9 Å². The van der Waals surface area contributed by atoms with E-state index >= 15 is 0 Å². The van der Waals surface area contributed by atoms with Crippen molar-refractivity contribution >= 4 is 52.9 Å². The van der Waals surface area contributed by atoms with E-state index in [1.807, 2.05) is 29.2 Å². The Morgan fingerprint density at radius 2 is 2.03 bits per heavy atom. The van der Waals surface area contributed by atoms with Crippen LogP contribution < -0.4 is 15.5 Å². The van der Waals surface area contributed by atoms with Crippen LogP contribution in [0.15, 0.2) is 34.6 Å². The number of hydrogen-bond donors (Lipinski definition) is 2.